The second-order valence-corrected chi connectivity index (χ2v) is 2.47. The molecule has 0 aromatic carbocycles. The zero-order chi connectivity index (χ0) is 5.82. The predicted octanol–water partition coefficient (Wildman–Crippen LogP) is 0.290. The first-order valence-electron chi connectivity index (χ1n) is 3.38. The minimum atomic E-state index is 1.24. The SMILES string of the molecule is C=C1CCC[NH2+]CC1. The molecule has 0 unspecified atom stereocenters. The van der Waals surface area contributed by atoms with Crippen molar-refractivity contribution in [1.29, 1.82) is 0 Å². The van der Waals surface area contributed by atoms with Crippen LogP contribution in [-0.2, 0) is 0 Å². The summed E-state index contributed by atoms with van der Waals surface area (Å²) in [5, 5.41) is 2.37. The molecule has 1 aliphatic heterocycles. The number of rotatable bonds is 0. The molecule has 1 saturated heterocycles. The van der Waals surface area contributed by atoms with Gasteiger partial charge in [0.2, 0.25) is 0 Å². The molecule has 0 radical (unpaired) electrons. The Bertz CT molecular complexity index is 76.4. The molecule has 1 rings (SSSR count). The van der Waals surface area contributed by atoms with Gasteiger partial charge >= 0.3 is 0 Å². The summed E-state index contributed by atoms with van der Waals surface area (Å²) < 4.78 is 0. The van der Waals surface area contributed by atoms with Gasteiger partial charge in [-0.15, -0.1) is 0 Å². The van der Waals surface area contributed by atoms with Crippen LogP contribution in [0.1, 0.15) is 19.3 Å². The fraction of sp³-hybridized carbons (Fsp3) is 0.714. The predicted molar refractivity (Wildman–Crippen MR) is 34.7 cm³/mol. The summed E-state index contributed by atoms with van der Waals surface area (Å²) in [4.78, 5) is 0. The van der Waals surface area contributed by atoms with Gasteiger partial charge < -0.3 is 5.32 Å². The molecule has 0 spiro atoms. The van der Waals surface area contributed by atoms with E-state index in [2.05, 4.69) is 11.9 Å². The summed E-state index contributed by atoms with van der Waals surface area (Å²) >= 11 is 0. The van der Waals surface area contributed by atoms with Crippen molar-refractivity contribution < 1.29 is 5.32 Å². The molecule has 1 aliphatic rings. The number of quaternary nitrogens is 1. The normalized spacial score (nSPS) is 22.8. The third kappa shape index (κ3) is 1.66. The van der Waals surface area contributed by atoms with Crippen LogP contribution >= 0.6 is 0 Å². The van der Waals surface area contributed by atoms with Crippen molar-refractivity contribution in [2.45, 2.75) is 19.3 Å². The minimum Gasteiger partial charge on any atom is -0.346 e. The van der Waals surface area contributed by atoms with Crippen molar-refractivity contribution in [1.82, 2.24) is 0 Å². The summed E-state index contributed by atoms with van der Waals surface area (Å²) in [6.45, 7) is 6.52. The van der Waals surface area contributed by atoms with Crippen molar-refractivity contribution in [2.24, 2.45) is 0 Å². The minimum absolute atomic E-state index is 1.24. The van der Waals surface area contributed by atoms with E-state index in [9.17, 15) is 0 Å². The molecular formula is C7H14N+. The van der Waals surface area contributed by atoms with Crippen molar-refractivity contribution >= 4 is 0 Å². The third-order valence-electron chi connectivity index (χ3n) is 1.64. The molecule has 0 aliphatic carbocycles. The fourth-order valence-corrected chi connectivity index (χ4v) is 1.07. The van der Waals surface area contributed by atoms with E-state index in [0.29, 0.717) is 0 Å². The van der Waals surface area contributed by atoms with Gasteiger partial charge in [-0.1, -0.05) is 12.2 Å². The monoisotopic (exact) mass is 112 g/mol. The van der Waals surface area contributed by atoms with Crippen LogP contribution in [0.2, 0.25) is 0 Å². The Labute approximate surface area is 50.8 Å². The van der Waals surface area contributed by atoms with Crippen LogP contribution in [0.25, 0.3) is 0 Å². The number of nitrogens with two attached hydrogens (primary N) is 1. The van der Waals surface area contributed by atoms with E-state index < -0.39 is 0 Å². The van der Waals surface area contributed by atoms with Crippen LogP contribution in [0.4, 0.5) is 0 Å². The van der Waals surface area contributed by atoms with E-state index >= 15 is 0 Å². The quantitative estimate of drug-likeness (QED) is 0.434. The molecule has 0 aromatic heterocycles. The zero-order valence-electron chi connectivity index (χ0n) is 5.32. The second kappa shape index (κ2) is 2.88. The first-order valence-corrected chi connectivity index (χ1v) is 3.38. The summed E-state index contributed by atoms with van der Waals surface area (Å²) in [5.74, 6) is 0. The lowest BCUT2D eigenvalue weighted by molar-refractivity contribution is -0.652. The number of hydrogen-bond donors (Lipinski definition) is 1. The van der Waals surface area contributed by atoms with Gasteiger partial charge in [0.1, 0.15) is 0 Å². The van der Waals surface area contributed by atoms with Crippen molar-refractivity contribution in [2.75, 3.05) is 13.1 Å². The molecule has 0 bridgehead atoms. The van der Waals surface area contributed by atoms with E-state index in [4.69, 9.17) is 0 Å². The van der Waals surface area contributed by atoms with Gasteiger partial charge in [-0.05, 0) is 6.42 Å². The summed E-state index contributed by atoms with van der Waals surface area (Å²) in [5.41, 5.74) is 1.44. The summed E-state index contributed by atoms with van der Waals surface area (Å²) in [6.07, 6.45) is 3.83. The Kier molecular flexibility index (Phi) is 2.10. The van der Waals surface area contributed by atoms with E-state index in [1.165, 1.54) is 37.9 Å². The van der Waals surface area contributed by atoms with Gasteiger partial charge in [-0.25, -0.2) is 0 Å². The second-order valence-electron chi connectivity index (χ2n) is 2.47. The highest BCUT2D eigenvalue weighted by molar-refractivity contribution is 4.93. The Hall–Kier alpha value is -0.300. The van der Waals surface area contributed by atoms with Crippen molar-refractivity contribution in [3.63, 3.8) is 0 Å². The zero-order valence-corrected chi connectivity index (χ0v) is 5.32. The molecule has 1 heterocycles. The molecule has 1 fully saturated rings. The highest BCUT2D eigenvalue weighted by Gasteiger charge is 2.01. The lowest BCUT2D eigenvalue weighted by Crippen LogP contribution is -2.83. The summed E-state index contributed by atoms with van der Waals surface area (Å²) in [7, 11) is 0. The third-order valence-corrected chi connectivity index (χ3v) is 1.64. The summed E-state index contributed by atoms with van der Waals surface area (Å²) in [6, 6.07) is 0. The smallest absolute Gasteiger partial charge is 0.0792 e. The van der Waals surface area contributed by atoms with Gasteiger partial charge in [0, 0.05) is 12.8 Å². The van der Waals surface area contributed by atoms with Gasteiger partial charge in [-0.2, -0.15) is 0 Å². The highest BCUT2D eigenvalue weighted by atomic mass is 14.8. The molecule has 0 amide bonds. The fourth-order valence-electron chi connectivity index (χ4n) is 1.07. The first kappa shape index (κ1) is 5.83. The van der Waals surface area contributed by atoms with Gasteiger partial charge in [0.05, 0.1) is 13.1 Å². The average Bonchev–Trinajstić information content (AvgIpc) is 1.94. The molecular weight excluding hydrogens is 98.1 g/mol. The van der Waals surface area contributed by atoms with E-state index in [1.54, 1.807) is 0 Å². The Morgan fingerprint density at radius 2 is 2.12 bits per heavy atom. The Morgan fingerprint density at radius 1 is 1.25 bits per heavy atom. The highest BCUT2D eigenvalue weighted by Crippen LogP contribution is 2.05. The lowest BCUT2D eigenvalue weighted by atomic mass is 10.1. The van der Waals surface area contributed by atoms with E-state index in [0.717, 1.165) is 0 Å². The largest absolute Gasteiger partial charge is 0.346 e. The van der Waals surface area contributed by atoms with Crippen LogP contribution < -0.4 is 5.32 Å². The van der Waals surface area contributed by atoms with E-state index in [-0.39, 0.29) is 0 Å². The molecule has 1 heteroatoms. The Morgan fingerprint density at radius 3 is 3.00 bits per heavy atom. The lowest BCUT2D eigenvalue weighted by Gasteiger charge is -1.91. The number of hydrogen-bond acceptors (Lipinski definition) is 0. The standard InChI is InChI=1S/C7H13N/c1-7-3-2-5-8-6-4-7/h8H,1-6H2/p+1. The molecule has 0 saturated carbocycles. The molecule has 0 aromatic rings. The van der Waals surface area contributed by atoms with Crippen LogP contribution in [0.5, 0.6) is 0 Å². The maximum absolute atomic E-state index is 3.95. The topological polar surface area (TPSA) is 16.6 Å². The molecule has 1 nitrogen and oxygen atoms in total. The molecule has 46 valence electrons. The first-order chi connectivity index (χ1) is 3.89. The molecule has 2 N–H and O–H groups in total. The van der Waals surface area contributed by atoms with Crippen molar-refractivity contribution in [3.05, 3.63) is 12.2 Å². The van der Waals surface area contributed by atoms with Gasteiger partial charge in [0.15, 0.2) is 0 Å². The van der Waals surface area contributed by atoms with E-state index in [1.807, 2.05) is 0 Å². The van der Waals surface area contributed by atoms with Gasteiger partial charge in [-0.3, -0.25) is 0 Å². The van der Waals surface area contributed by atoms with Gasteiger partial charge in [0.25, 0.3) is 0 Å². The van der Waals surface area contributed by atoms with Crippen molar-refractivity contribution in [3.8, 4) is 0 Å². The van der Waals surface area contributed by atoms with Crippen LogP contribution in [0, 0.1) is 0 Å². The van der Waals surface area contributed by atoms with Crippen LogP contribution in [0.15, 0.2) is 12.2 Å². The average molecular weight is 112 g/mol. The maximum Gasteiger partial charge on any atom is 0.0792 e. The Balaban J connectivity index is 2.27. The van der Waals surface area contributed by atoms with Crippen LogP contribution in [-0.4, -0.2) is 13.1 Å². The van der Waals surface area contributed by atoms with Crippen LogP contribution in [0.3, 0.4) is 0 Å². The molecule has 0 atom stereocenters. The maximum atomic E-state index is 3.95. The molecule has 8 heavy (non-hydrogen) atoms.